The maximum Gasteiger partial charge on any atom is 0.305 e. The minimum absolute atomic E-state index is 0.0409. The molecule has 0 aliphatic carbocycles. The molecule has 1 saturated heterocycles. The third-order valence-corrected chi connectivity index (χ3v) is 11.7. The third-order valence-electron chi connectivity index (χ3n) is 11.7. The molecule has 1 fully saturated rings. The molecule has 7 atom stereocenters. The van der Waals surface area contributed by atoms with Gasteiger partial charge in [-0.15, -0.1) is 0 Å². The minimum atomic E-state index is -1.59. The molecular formula is C52H93NO10. The molecule has 0 radical (unpaired) electrons. The number of hydrogen-bond acceptors (Lipinski definition) is 10. The number of rotatable bonds is 42. The van der Waals surface area contributed by atoms with Gasteiger partial charge in [-0.05, 0) is 64.2 Å². The smallest absolute Gasteiger partial charge is 0.305 e. The van der Waals surface area contributed by atoms with Gasteiger partial charge in [0.15, 0.2) is 6.29 Å². The number of esters is 1. The van der Waals surface area contributed by atoms with Gasteiger partial charge in [0.2, 0.25) is 5.91 Å². The molecule has 0 spiro atoms. The third kappa shape index (κ3) is 32.9. The molecule has 1 aliphatic heterocycles. The van der Waals surface area contributed by atoms with Crippen LogP contribution in [-0.2, 0) is 23.8 Å². The van der Waals surface area contributed by atoms with Crippen molar-refractivity contribution in [1.82, 2.24) is 5.32 Å². The first kappa shape index (κ1) is 58.6. The number of hydrogen-bond donors (Lipinski definition) is 6. The standard InChI is InChI=1S/C52H93NO10/c1-3-5-7-9-11-13-15-20-24-28-32-36-40-48(57)61-41-37-33-29-25-21-18-16-17-19-23-27-31-35-39-47(56)53-44(43-62-52-51(60)50(59)49(58)46(42-54)63-52)45(55)38-34-30-26-22-14-12-10-8-6-4-2/h14,17,19,22,27,31,34,38,44-46,49-52,54-55,58-60H,3-13,15-16,18,20-21,23-26,28-30,32-33,35-37,39-43H2,1-2H3,(H,53,56)/b19-17-,22-14+,31-27-,38-34+. The maximum absolute atomic E-state index is 12.9. The summed E-state index contributed by atoms with van der Waals surface area (Å²) in [6.07, 6.45) is 40.7. The van der Waals surface area contributed by atoms with Gasteiger partial charge in [-0.3, -0.25) is 9.59 Å². The molecule has 7 unspecified atom stereocenters. The van der Waals surface area contributed by atoms with Crippen molar-refractivity contribution in [3.8, 4) is 0 Å². The van der Waals surface area contributed by atoms with Crippen molar-refractivity contribution < 1.29 is 49.3 Å². The number of amides is 1. The highest BCUT2D eigenvalue weighted by atomic mass is 16.7. The number of allylic oxidation sites excluding steroid dienone is 7. The Bertz CT molecular complexity index is 1190. The van der Waals surface area contributed by atoms with Crippen molar-refractivity contribution in [1.29, 1.82) is 0 Å². The zero-order valence-corrected chi connectivity index (χ0v) is 39.8. The molecule has 1 aliphatic rings. The molecular weight excluding hydrogens is 799 g/mol. The predicted octanol–water partition coefficient (Wildman–Crippen LogP) is 10.2. The van der Waals surface area contributed by atoms with Gasteiger partial charge in [-0.2, -0.15) is 0 Å². The molecule has 11 nitrogen and oxygen atoms in total. The van der Waals surface area contributed by atoms with Gasteiger partial charge in [-0.1, -0.05) is 178 Å². The molecule has 6 N–H and O–H groups in total. The van der Waals surface area contributed by atoms with Gasteiger partial charge in [0.05, 0.1) is 32.0 Å². The van der Waals surface area contributed by atoms with Crippen LogP contribution in [0.15, 0.2) is 48.6 Å². The number of unbranched alkanes of at least 4 members (excludes halogenated alkanes) is 22. The number of carbonyl (C=O) groups is 2. The van der Waals surface area contributed by atoms with Gasteiger partial charge in [0.25, 0.3) is 0 Å². The van der Waals surface area contributed by atoms with Crippen molar-refractivity contribution in [3.05, 3.63) is 48.6 Å². The van der Waals surface area contributed by atoms with Gasteiger partial charge in [0.1, 0.15) is 24.4 Å². The highest BCUT2D eigenvalue weighted by molar-refractivity contribution is 5.76. The van der Waals surface area contributed by atoms with Gasteiger partial charge >= 0.3 is 5.97 Å². The van der Waals surface area contributed by atoms with Crippen LogP contribution in [0.1, 0.15) is 206 Å². The lowest BCUT2D eigenvalue weighted by molar-refractivity contribution is -0.302. The fraction of sp³-hybridized carbons (Fsp3) is 0.808. The fourth-order valence-corrected chi connectivity index (χ4v) is 7.56. The van der Waals surface area contributed by atoms with E-state index in [0.29, 0.717) is 19.4 Å². The van der Waals surface area contributed by atoms with Gasteiger partial charge in [-0.25, -0.2) is 0 Å². The predicted molar refractivity (Wildman–Crippen MR) is 255 cm³/mol. The maximum atomic E-state index is 12.9. The van der Waals surface area contributed by atoms with Crippen LogP contribution >= 0.6 is 0 Å². The summed E-state index contributed by atoms with van der Waals surface area (Å²) in [5.41, 5.74) is 0. The average Bonchev–Trinajstić information content (AvgIpc) is 3.28. The van der Waals surface area contributed by atoms with Gasteiger partial charge < -0.3 is 45.1 Å². The second-order valence-electron chi connectivity index (χ2n) is 17.5. The largest absolute Gasteiger partial charge is 0.466 e. The summed E-state index contributed by atoms with van der Waals surface area (Å²) in [6.45, 7) is 4.17. The molecule has 63 heavy (non-hydrogen) atoms. The summed E-state index contributed by atoms with van der Waals surface area (Å²) in [5, 5.41) is 54.0. The average molecular weight is 892 g/mol. The van der Waals surface area contributed by atoms with E-state index >= 15 is 0 Å². The van der Waals surface area contributed by atoms with Crippen LogP contribution in [0.3, 0.4) is 0 Å². The molecule has 11 heteroatoms. The molecule has 0 aromatic rings. The van der Waals surface area contributed by atoms with Crippen LogP contribution in [0.4, 0.5) is 0 Å². The van der Waals surface area contributed by atoms with Crippen molar-refractivity contribution >= 4 is 11.9 Å². The number of nitrogens with one attached hydrogen (secondary N) is 1. The highest BCUT2D eigenvalue weighted by Gasteiger charge is 2.44. The summed E-state index contributed by atoms with van der Waals surface area (Å²) >= 11 is 0. The molecule has 0 aromatic heterocycles. The number of ether oxygens (including phenoxy) is 3. The van der Waals surface area contributed by atoms with Crippen LogP contribution in [0.25, 0.3) is 0 Å². The molecule has 0 saturated carbocycles. The fourth-order valence-electron chi connectivity index (χ4n) is 7.56. The molecule has 1 heterocycles. The van der Waals surface area contributed by atoms with E-state index in [9.17, 15) is 35.1 Å². The van der Waals surface area contributed by atoms with Crippen molar-refractivity contribution in [2.75, 3.05) is 19.8 Å². The second kappa shape index (κ2) is 42.3. The van der Waals surface area contributed by atoms with Gasteiger partial charge in [0, 0.05) is 12.8 Å². The Morgan fingerprint density at radius 2 is 1.10 bits per heavy atom. The number of aliphatic hydroxyl groups excluding tert-OH is 5. The minimum Gasteiger partial charge on any atom is -0.466 e. The summed E-state index contributed by atoms with van der Waals surface area (Å²) in [7, 11) is 0. The Labute approximate surface area is 383 Å². The highest BCUT2D eigenvalue weighted by Crippen LogP contribution is 2.22. The first-order valence-electron chi connectivity index (χ1n) is 25.4. The summed E-state index contributed by atoms with van der Waals surface area (Å²) < 4.78 is 16.6. The van der Waals surface area contributed by atoms with Crippen LogP contribution in [0.2, 0.25) is 0 Å². The SMILES string of the molecule is CCCCCC/C=C/CC/C=C/C(O)C(COC1OC(CO)C(O)C(O)C1O)NC(=O)CC/C=C\C/C=C\CCCCCCCCOC(=O)CCCCCCCCCCCCCC. The van der Waals surface area contributed by atoms with Crippen LogP contribution < -0.4 is 5.32 Å². The number of aliphatic hydroxyl groups is 5. The Kier molecular flexibility index (Phi) is 39.3. The normalized spacial score (nSPS) is 20.4. The zero-order chi connectivity index (χ0) is 46.0. The van der Waals surface area contributed by atoms with Crippen LogP contribution in [0.5, 0.6) is 0 Å². The molecule has 0 aromatic carbocycles. The van der Waals surface area contributed by atoms with E-state index in [1.54, 1.807) is 6.08 Å². The quantitative estimate of drug-likeness (QED) is 0.0197. The van der Waals surface area contributed by atoms with E-state index in [0.717, 1.165) is 70.6 Å². The molecule has 366 valence electrons. The summed E-state index contributed by atoms with van der Waals surface area (Å²) in [5.74, 6) is -0.317. The summed E-state index contributed by atoms with van der Waals surface area (Å²) in [6, 6.07) is -0.870. The van der Waals surface area contributed by atoms with Crippen molar-refractivity contribution in [2.24, 2.45) is 0 Å². The van der Waals surface area contributed by atoms with E-state index in [1.165, 1.54) is 103 Å². The van der Waals surface area contributed by atoms with E-state index in [-0.39, 0.29) is 24.9 Å². The Morgan fingerprint density at radius 3 is 1.71 bits per heavy atom. The van der Waals surface area contributed by atoms with E-state index < -0.39 is 49.5 Å². The van der Waals surface area contributed by atoms with Crippen molar-refractivity contribution in [3.63, 3.8) is 0 Å². The van der Waals surface area contributed by atoms with E-state index in [1.807, 2.05) is 18.2 Å². The first-order chi connectivity index (χ1) is 30.7. The lowest BCUT2D eigenvalue weighted by Gasteiger charge is -2.40. The van der Waals surface area contributed by atoms with Crippen LogP contribution in [0, 0.1) is 0 Å². The molecule has 0 bridgehead atoms. The number of carbonyl (C=O) groups excluding carboxylic acids is 2. The summed E-state index contributed by atoms with van der Waals surface area (Å²) in [4.78, 5) is 24.9. The van der Waals surface area contributed by atoms with Crippen LogP contribution in [-0.4, -0.2) is 100 Å². The lowest BCUT2D eigenvalue weighted by atomic mass is 9.99. The topological polar surface area (TPSA) is 175 Å². The Morgan fingerprint density at radius 1 is 0.587 bits per heavy atom. The van der Waals surface area contributed by atoms with E-state index in [2.05, 4.69) is 43.5 Å². The van der Waals surface area contributed by atoms with E-state index in [4.69, 9.17) is 14.2 Å². The molecule has 1 rings (SSSR count). The first-order valence-corrected chi connectivity index (χ1v) is 25.4. The lowest BCUT2D eigenvalue weighted by Crippen LogP contribution is -2.60. The zero-order valence-electron chi connectivity index (χ0n) is 39.8. The molecule has 1 amide bonds. The Balaban J connectivity index is 2.22. The van der Waals surface area contributed by atoms with Crippen molar-refractivity contribution in [2.45, 2.75) is 249 Å². The second-order valence-corrected chi connectivity index (χ2v) is 17.5. The Hall–Kier alpha value is -2.38. The monoisotopic (exact) mass is 892 g/mol.